The zero-order valence-corrected chi connectivity index (χ0v) is 18.7. The minimum Gasteiger partial charge on any atom is -0.497 e. The molecule has 1 fully saturated rings. The molecule has 1 aliphatic rings. The molecule has 0 spiro atoms. The van der Waals surface area contributed by atoms with Gasteiger partial charge in [-0.15, -0.1) is 0 Å². The number of methoxy groups -OCH3 is 2. The molecule has 168 valence electrons. The van der Waals surface area contributed by atoms with E-state index in [1.54, 1.807) is 19.1 Å². The summed E-state index contributed by atoms with van der Waals surface area (Å²) >= 11 is 0. The molecule has 9 heteroatoms. The van der Waals surface area contributed by atoms with Gasteiger partial charge in [0.15, 0.2) is 0 Å². The highest BCUT2D eigenvalue weighted by Gasteiger charge is 2.36. The van der Waals surface area contributed by atoms with Crippen molar-refractivity contribution in [1.29, 1.82) is 0 Å². The third-order valence-corrected chi connectivity index (χ3v) is 7.32. The molecular formula is C22H27FN2O5S. The summed E-state index contributed by atoms with van der Waals surface area (Å²) in [6.45, 7) is 0.728. The SMILES string of the molecule is COc1ccc(CN(C)C(=O)C2CCCN(S(=O)(=O)c3cc(F)ccc3OC)C2)cc1. The largest absolute Gasteiger partial charge is 0.497 e. The van der Waals surface area contributed by atoms with Gasteiger partial charge in [0.05, 0.1) is 20.1 Å². The Hall–Kier alpha value is -2.65. The zero-order chi connectivity index (χ0) is 22.6. The Labute approximate surface area is 182 Å². The molecule has 7 nitrogen and oxygen atoms in total. The minimum absolute atomic E-state index is 0.0494. The number of rotatable bonds is 7. The quantitative estimate of drug-likeness (QED) is 0.648. The summed E-state index contributed by atoms with van der Waals surface area (Å²) in [4.78, 5) is 14.4. The van der Waals surface area contributed by atoms with Crippen LogP contribution in [0.5, 0.6) is 11.5 Å². The van der Waals surface area contributed by atoms with E-state index in [0.717, 1.165) is 23.4 Å². The zero-order valence-electron chi connectivity index (χ0n) is 17.9. The molecule has 1 atom stereocenters. The number of carbonyl (C=O) groups excluding carboxylic acids is 1. The third kappa shape index (κ3) is 5.16. The summed E-state index contributed by atoms with van der Waals surface area (Å²) in [5.74, 6) is -0.443. The molecule has 1 aliphatic heterocycles. The number of hydrogen-bond donors (Lipinski definition) is 0. The van der Waals surface area contributed by atoms with Crippen LogP contribution in [0.15, 0.2) is 47.4 Å². The number of piperidine rings is 1. The maximum Gasteiger partial charge on any atom is 0.246 e. The number of carbonyl (C=O) groups is 1. The van der Waals surface area contributed by atoms with Crippen molar-refractivity contribution >= 4 is 15.9 Å². The van der Waals surface area contributed by atoms with Crippen LogP contribution >= 0.6 is 0 Å². The monoisotopic (exact) mass is 450 g/mol. The van der Waals surface area contributed by atoms with E-state index in [0.29, 0.717) is 19.4 Å². The number of amides is 1. The fourth-order valence-electron chi connectivity index (χ4n) is 3.75. The van der Waals surface area contributed by atoms with E-state index in [9.17, 15) is 17.6 Å². The second kappa shape index (κ2) is 9.65. The normalized spacial score (nSPS) is 17.2. The van der Waals surface area contributed by atoms with Gasteiger partial charge in [-0.25, -0.2) is 12.8 Å². The van der Waals surface area contributed by atoms with Gasteiger partial charge in [-0.2, -0.15) is 4.31 Å². The predicted octanol–water partition coefficient (Wildman–Crippen LogP) is 2.90. The average molecular weight is 451 g/mol. The van der Waals surface area contributed by atoms with Gasteiger partial charge in [-0.1, -0.05) is 12.1 Å². The Balaban J connectivity index is 1.73. The van der Waals surface area contributed by atoms with Crippen LogP contribution in [0.1, 0.15) is 18.4 Å². The lowest BCUT2D eigenvalue weighted by Crippen LogP contribution is -2.45. The molecule has 1 amide bonds. The Morgan fingerprint density at radius 1 is 1.16 bits per heavy atom. The van der Waals surface area contributed by atoms with Crippen LogP contribution in [0, 0.1) is 11.7 Å². The highest BCUT2D eigenvalue weighted by atomic mass is 32.2. The van der Waals surface area contributed by atoms with E-state index < -0.39 is 21.8 Å². The molecule has 0 N–H and O–H groups in total. The summed E-state index contributed by atoms with van der Waals surface area (Å²) in [5, 5.41) is 0. The van der Waals surface area contributed by atoms with Gasteiger partial charge in [0.25, 0.3) is 0 Å². The van der Waals surface area contributed by atoms with Crippen LogP contribution in [0.3, 0.4) is 0 Å². The van der Waals surface area contributed by atoms with E-state index in [-0.39, 0.29) is 29.6 Å². The number of nitrogens with zero attached hydrogens (tertiary/aromatic N) is 2. The molecule has 1 saturated heterocycles. The molecule has 31 heavy (non-hydrogen) atoms. The van der Waals surface area contributed by atoms with Crippen LogP contribution in [0.4, 0.5) is 4.39 Å². The van der Waals surface area contributed by atoms with Crippen LogP contribution < -0.4 is 9.47 Å². The standard InChI is InChI=1S/C22H27FN2O5S/c1-24(14-16-6-9-19(29-2)10-7-16)22(26)17-5-4-12-25(15-17)31(27,28)21-13-18(23)8-11-20(21)30-3/h6-11,13,17H,4-5,12,14-15H2,1-3H3. The summed E-state index contributed by atoms with van der Waals surface area (Å²) in [6.07, 6.45) is 1.14. The first-order chi connectivity index (χ1) is 14.8. The first-order valence-corrected chi connectivity index (χ1v) is 11.4. The van der Waals surface area contributed by atoms with Gasteiger partial charge in [-0.3, -0.25) is 4.79 Å². The average Bonchev–Trinajstić information content (AvgIpc) is 2.79. The molecule has 3 rings (SSSR count). The van der Waals surface area contributed by atoms with Gasteiger partial charge in [0.2, 0.25) is 15.9 Å². The van der Waals surface area contributed by atoms with E-state index in [4.69, 9.17) is 9.47 Å². The first-order valence-electron chi connectivity index (χ1n) is 9.98. The second-order valence-electron chi connectivity index (χ2n) is 7.54. The van der Waals surface area contributed by atoms with Crippen LogP contribution in [-0.2, 0) is 21.4 Å². The maximum absolute atomic E-state index is 13.7. The highest BCUT2D eigenvalue weighted by Crippen LogP contribution is 2.31. The molecule has 0 aliphatic carbocycles. The van der Waals surface area contributed by atoms with Crippen molar-refractivity contribution in [2.45, 2.75) is 24.3 Å². The lowest BCUT2D eigenvalue weighted by Gasteiger charge is -2.33. The van der Waals surface area contributed by atoms with E-state index in [1.165, 1.54) is 17.5 Å². The van der Waals surface area contributed by atoms with Crippen LogP contribution in [0.25, 0.3) is 0 Å². The molecule has 2 aromatic carbocycles. The van der Waals surface area contributed by atoms with E-state index >= 15 is 0 Å². The van der Waals surface area contributed by atoms with Gasteiger partial charge >= 0.3 is 0 Å². The fourth-order valence-corrected chi connectivity index (χ4v) is 5.44. The Morgan fingerprint density at radius 3 is 2.52 bits per heavy atom. The van der Waals surface area contributed by atoms with Crippen molar-refractivity contribution in [2.24, 2.45) is 5.92 Å². The van der Waals surface area contributed by atoms with Crippen molar-refractivity contribution < 1.29 is 27.1 Å². The molecule has 0 radical (unpaired) electrons. The topological polar surface area (TPSA) is 76.2 Å². The molecular weight excluding hydrogens is 423 g/mol. The highest BCUT2D eigenvalue weighted by molar-refractivity contribution is 7.89. The van der Waals surface area contributed by atoms with Gasteiger partial charge < -0.3 is 14.4 Å². The van der Waals surface area contributed by atoms with Crippen molar-refractivity contribution in [3.63, 3.8) is 0 Å². The Kier molecular flexibility index (Phi) is 7.17. The predicted molar refractivity (Wildman–Crippen MR) is 114 cm³/mol. The summed E-state index contributed by atoms with van der Waals surface area (Å²) in [6, 6.07) is 10.8. The summed E-state index contributed by atoms with van der Waals surface area (Å²) < 4.78 is 51.6. The van der Waals surface area contributed by atoms with Gasteiger partial charge in [0, 0.05) is 26.7 Å². The van der Waals surface area contributed by atoms with Gasteiger partial charge in [0.1, 0.15) is 22.2 Å². The number of halogens is 1. The van der Waals surface area contributed by atoms with E-state index in [2.05, 4.69) is 0 Å². The molecule has 2 aromatic rings. The number of hydrogen-bond acceptors (Lipinski definition) is 5. The van der Waals surface area contributed by atoms with Crippen molar-refractivity contribution in [3.8, 4) is 11.5 Å². The smallest absolute Gasteiger partial charge is 0.246 e. The molecule has 0 aromatic heterocycles. The first kappa shape index (κ1) is 23.0. The summed E-state index contributed by atoms with van der Waals surface area (Å²) in [5.41, 5.74) is 0.946. The minimum atomic E-state index is -4.00. The van der Waals surface area contributed by atoms with Crippen LogP contribution in [-0.4, -0.2) is 57.9 Å². The van der Waals surface area contributed by atoms with Gasteiger partial charge in [-0.05, 0) is 48.7 Å². The molecule has 0 bridgehead atoms. The fraction of sp³-hybridized carbons (Fsp3) is 0.409. The Morgan fingerprint density at radius 2 is 1.87 bits per heavy atom. The molecule has 1 unspecified atom stereocenters. The lowest BCUT2D eigenvalue weighted by molar-refractivity contribution is -0.135. The number of sulfonamides is 1. The van der Waals surface area contributed by atoms with Crippen LogP contribution in [0.2, 0.25) is 0 Å². The molecule has 0 saturated carbocycles. The van der Waals surface area contributed by atoms with Crippen molar-refractivity contribution in [2.75, 3.05) is 34.4 Å². The van der Waals surface area contributed by atoms with Crippen molar-refractivity contribution in [1.82, 2.24) is 9.21 Å². The maximum atomic E-state index is 13.7. The number of ether oxygens (including phenoxy) is 2. The summed E-state index contributed by atoms with van der Waals surface area (Å²) in [7, 11) is 0.628. The van der Waals surface area contributed by atoms with Crippen molar-refractivity contribution in [3.05, 3.63) is 53.8 Å². The van der Waals surface area contributed by atoms with E-state index in [1.807, 2.05) is 24.3 Å². The molecule has 1 heterocycles. The Bertz CT molecular complexity index is 1030. The third-order valence-electron chi connectivity index (χ3n) is 5.43. The second-order valence-corrected chi connectivity index (χ2v) is 9.45. The lowest BCUT2D eigenvalue weighted by atomic mass is 9.98. The number of benzene rings is 2.